The van der Waals surface area contributed by atoms with Crippen molar-refractivity contribution in [1.29, 1.82) is 0 Å². The van der Waals surface area contributed by atoms with E-state index in [1.165, 1.54) is 6.08 Å². The summed E-state index contributed by atoms with van der Waals surface area (Å²) in [6, 6.07) is 7.81. The molecule has 0 bridgehead atoms. The minimum absolute atomic E-state index is 0.0421. The monoisotopic (exact) mass is 203 g/mol. The van der Waals surface area contributed by atoms with Crippen LogP contribution in [0.3, 0.4) is 0 Å². The van der Waals surface area contributed by atoms with E-state index < -0.39 is 0 Å². The molecule has 1 aliphatic heterocycles. The Morgan fingerprint density at radius 1 is 1.53 bits per heavy atom. The van der Waals surface area contributed by atoms with Crippen LogP contribution in [0.1, 0.15) is 18.0 Å². The zero-order chi connectivity index (χ0) is 10.7. The highest BCUT2D eigenvalue weighted by molar-refractivity contribution is 5.87. The Morgan fingerprint density at radius 3 is 3.13 bits per heavy atom. The van der Waals surface area contributed by atoms with E-state index in [9.17, 15) is 4.79 Å². The molecule has 0 aromatic heterocycles. The van der Waals surface area contributed by atoms with Crippen LogP contribution < -0.4 is 10.1 Å². The van der Waals surface area contributed by atoms with Crippen molar-refractivity contribution in [2.45, 2.75) is 12.5 Å². The molecule has 1 atom stereocenters. The molecule has 0 aliphatic carbocycles. The van der Waals surface area contributed by atoms with Gasteiger partial charge in [0.25, 0.3) is 0 Å². The normalized spacial score (nSPS) is 18.5. The lowest BCUT2D eigenvalue weighted by Gasteiger charge is -2.26. The second-order valence-electron chi connectivity index (χ2n) is 3.44. The Kier molecular flexibility index (Phi) is 2.72. The number of hydrogen-bond acceptors (Lipinski definition) is 2. The average Bonchev–Trinajstić information content (AvgIpc) is 2.29. The molecule has 1 aliphatic rings. The zero-order valence-electron chi connectivity index (χ0n) is 8.40. The maximum Gasteiger partial charge on any atom is 0.243 e. The molecule has 1 unspecified atom stereocenters. The second-order valence-corrected chi connectivity index (χ2v) is 3.44. The van der Waals surface area contributed by atoms with Crippen molar-refractivity contribution in [3.8, 4) is 5.75 Å². The number of fused-ring (bicyclic) bond motifs is 1. The van der Waals surface area contributed by atoms with Crippen molar-refractivity contribution < 1.29 is 9.53 Å². The van der Waals surface area contributed by atoms with Gasteiger partial charge in [-0.2, -0.15) is 0 Å². The molecule has 0 saturated carbocycles. The lowest BCUT2D eigenvalue weighted by atomic mass is 10.0. The number of carbonyl (C=O) groups excluding carboxylic acids is 1. The number of nitrogens with one attached hydrogen (secondary N) is 1. The van der Waals surface area contributed by atoms with Gasteiger partial charge in [0, 0.05) is 12.0 Å². The van der Waals surface area contributed by atoms with Gasteiger partial charge in [0.05, 0.1) is 12.6 Å². The summed E-state index contributed by atoms with van der Waals surface area (Å²) in [6.45, 7) is 4.08. The number of hydrogen-bond donors (Lipinski definition) is 1. The number of amides is 1. The standard InChI is InChI=1S/C12H13NO2/c1-2-12(14)13-10-7-8-15-11-6-4-3-5-9(10)11/h2-6,10H,1,7-8H2,(H,13,14). The summed E-state index contributed by atoms with van der Waals surface area (Å²) < 4.78 is 5.49. The molecular formula is C12H13NO2. The highest BCUT2D eigenvalue weighted by atomic mass is 16.5. The molecule has 0 radical (unpaired) electrons. The second kappa shape index (κ2) is 4.17. The van der Waals surface area contributed by atoms with Gasteiger partial charge in [-0.15, -0.1) is 0 Å². The SMILES string of the molecule is C=CC(=O)NC1CCOc2ccccc21. The van der Waals surface area contributed by atoms with Crippen molar-refractivity contribution in [2.75, 3.05) is 6.61 Å². The fraction of sp³-hybridized carbons (Fsp3) is 0.250. The minimum Gasteiger partial charge on any atom is -0.493 e. The lowest BCUT2D eigenvalue weighted by molar-refractivity contribution is -0.117. The summed E-state index contributed by atoms with van der Waals surface area (Å²) in [6.07, 6.45) is 2.09. The Bertz CT molecular complexity index is 387. The average molecular weight is 203 g/mol. The first-order valence-electron chi connectivity index (χ1n) is 4.96. The van der Waals surface area contributed by atoms with Crippen molar-refractivity contribution in [2.24, 2.45) is 0 Å². The fourth-order valence-electron chi connectivity index (χ4n) is 1.72. The first kappa shape index (κ1) is 9.77. The Labute approximate surface area is 88.8 Å². The third-order valence-electron chi connectivity index (χ3n) is 2.46. The Balaban J connectivity index is 2.22. The summed E-state index contributed by atoms with van der Waals surface area (Å²) in [5.41, 5.74) is 1.04. The molecule has 0 spiro atoms. The molecule has 78 valence electrons. The van der Waals surface area contributed by atoms with Crippen LogP contribution in [-0.4, -0.2) is 12.5 Å². The predicted molar refractivity (Wildman–Crippen MR) is 57.6 cm³/mol. The van der Waals surface area contributed by atoms with Gasteiger partial charge in [-0.1, -0.05) is 24.8 Å². The molecule has 0 saturated heterocycles. The van der Waals surface area contributed by atoms with Gasteiger partial charge in [-0.05, 0) is 12.1 Å². The van der Waals surface area contributed by atoms with Gasteiger partial charge < -0.3 is 10.1 Å². The van der Waals surface area contributed by atoms with E-state index in [0.717, 1.165) is 17.7 Å². The summed E-state index contributed by atoms with van der Waals surface area (Å²) >= 11 is 0. The topological polar surface area (TPSA) is 38.3 Å². The van der Waals surface area contributed by atoms with E-state index in [1.807, 2.05) is 24.3 Å². The molecule has 3 nitrogen and oxygen atoms in total. The number of benzene rings is 1. The van der Waals surface area contributed by atoms with E-state index in [-0.39, 0.29) is 11.9 Å². The van der Waals surface area contributed by atoms with Crippen LogP contribution in [-0.2, 0) is 4.79 Å². The fourth-order valence-corrected chi connectivity index (χ4v) is 1.72. The highest BCUT2D eigenvalue weighted by Crippen LogP contribution is 2.31. The van der Waals surface area contributed by atoms with Crippen molar-refractivity contribution in [3.05, 3.63) is 42.5 Å². The maximum absolute atomic E-state index is 11.2. The molecule has 15 heavy (non-hydrogen) atoms. The van der Waals surface area contributed by atoms with Crippen LogP contribution in [0.25, 0.3) is 0 Å². The molecule has 1 aromatic carbocycles. The third kappa shape index (κ3) is 2.01. The minimum atomic E-state index is -0.142. The van der Waals surface area contributed by atoms with Gasteiger partial charge in [0.1, 0.15) is 5.75 Å². The number of rotatable bonds is 2. The van der Waals surface area contributed by atoms with Gasteiger partial charge in [0.2, 0.25) is 5.91 Å². The van der Waals surface area contributed by atoms with Crippen LogP contribution in [0.5, 0.6) is 5.75 Å². The smallest absolute Gasteiger partial charge is 0.243 e. The highest BCUT2D eigenvalue weighted by Gasteiger charge is 2.21. The van der Waals surface area contributed by atoms with Crippen LogP contribution in [0.2, 0.25) is 0 Å². The Morgan fingerprint density at radius 2 is 2.33 bits per heavy atom. The molecule has 2 rings (SSSR count). The molecule has 1 aromatic rings. The summed E-state index contributed by atoms with van der Waals surface area (Å²) in [7, 11) is 0. The molecule has 3 heteroatoms. The first-order valence-corrected chi connectivity index (χ1v) is 4.96. The lowest BCUT2D eigenvalue weighted by Crippen LogP contribution is -2.30. The molecule has 1 amide bonds. The number of carbonyl (C=O) groups is 1. The molecule has 1 N–H and O–H groups in total. The molecule has 1 heterocycles. The van der Waals surface area contributed by atoms with E-state index in [4.69, 9.17) is 4.74 Å². The number of ether oxygens (including phenoxy) is 1. The van der Waals surface area contributed by atoms with Crippen molar-refractivity contribution in [3.63, 3.8) is 0 Å². The van der Waals surface area contributed by atoms with Gasteiger partial charge in [0.15, 0.2) is 0 Å². The van der Waals surface area contributed by atoms with Crippen LogP contribution >= 0.6 is 0 Å². The first-order chi connectivity index (χ1) is 7.31. The van der Waals surface area contributed by atoms with Crippen molar-refractivity contribution in [1.82, 2.24) is 5.32 Å². The van der Waals surface area contributed by atoms with Crippen LogP contribution in [0.4, 0.5) is 0 Å². The van der Waals surface area contributed by atoms with Gasteiger partial charge >= 0.3 is 0 Å². The van der Waals surface area contributed by atoms with Crippen molar-refractivity contribution >= 4 is 5.91 Å². The van der Waals surface area contributed by atoms with E-state index >= 15 is 0 Å². The predicted octanol–water partition coefficient (Wildman–Crippen LogP) is 1.81. The van der Waals surface area contributed by atoms with Crippen LogP contribution in [0, 0.1) is 0 Å². The number of para-hydroxylation sites is 1. The van der Waals surface area contributed by atoms with Gasteiger partial charge in [-0.25, -0.2) is 0 Å². The third-order valence-corrected chi connectivity index (χ3v) is 2.46. The molecule has 0 fully saturated rings. The van der Waals surface area contributed by atoms with Crippen LogP contribution in [0.15, 0.2) is 36.9 Å². The summed E-state index contributed by atoms with van der Waals surface area (Å²) in [4.78, 5) is 11.2. The van der Waals surface area contributed by atoms with E-state index in [1.54, 1.807) is 0 Å². The summed E-state index contributed by atoms with van der Waals surface area (Å²) in [5, 5.41) is 2.89. The van der Waals surface area contributed by atoms with E-state index in [2.05, 4.69) is 11.9 Å². The quantitative estimate of drug-likeness (QED) is 0.744. The van der Waals surface area contributed by atoms with E-state index in [0.29, 0.717) is 6.61 Å². The maximum atomic E-state index is 11.2. The largest absolute Gasteiger partial charge is 0.493 e. The summed E-state index contributed by atoms with van der Waals surface area (Å²) in [5.74, 6) is 0.717. The molecular weight excluding hydrogens is 190 g/mol. The zero-order valence-corrected chi connectivity index (χ0v) is 8.40. The Hall–Kier alpha value is -1.77. The van der Waals surface area contributed by atoms with Gasteiger partial charge in [-0.3, -0.25) is 4.79 Å².